The third-order valence-electron chi connectivity index (χ3n) is 9.95. The van der Waals surface area contributed by atoms with Crippen LogP contribution in [0.25, 0.3) is 0 Å². The van der Waals surface area contributed by atoms with Crippen molar-refractivity contribution >= 4 is 39.6 Å². The maximum absolute atomic E-state index is 14.6. The molecule has 11 nitrogen and oxygen atoms in total. The fourth-order valence-electron chi connectivity index (χ4n) is 7.79. The predicted octanol–water partition coefficient (Wildman–Crippen LogP) is 4.09. The van der Waals surface area contributed by atoms with Crippen LogP contribution in [0.2, 0.25) is 0 Å². The molecule has 4 rings (SSSR count). The lowest BCUT2D eigenvalue weighted by Gasteiger charge is -2.39. The monoisotopic (exact) mass is 745 g/mol. The Morgan fingerprint density at radius 3 is 2.59 bits per heavy atom. The highest BCUT2D eigenvalue weighted by molar-refractivity contribution is 9.09. The largest absolute Gasteiger partial charge is 0.455 e. The first kappa shape index (κ1) is 38.7. The number of fused-ring (bicyclic) bond motifs is 1. The first-order valence-electron chi connectivity index (χ1n) is 17.4. The summed E-state index contributed by atoms with van der Waals surface area (Å²) >= 11 is 3.74. The molecule has 3 aliphatic rings. The average molecular weight is 747 g/mol. The van der Waals surface area contributed by atoms with E-state index in [1.807, 2.05) is 37.3 Å². The minimum atomic E-state index is -1.26. The Morgan fingerprint density at radius 2 is 1.96 bits per heavy atom. The number of ether oxygens (including phenoxy) is 3. The molecule has 9 atom stereocenters. The lowest BCUT2D eigenvalue weighted by atomic mass is 9.70. The number of amides is 3. The number of alkyl halides is 1. The van der Waals surface area contributed by atoms with Crippen LogP contribution in [0.5, 0.6) is 0 Å². The number of unbranched alkanes of at least 4 members (excludes halogenated alkanes) is 1. The summed E-state index contributed by atoms with van der Waals surface area (Å²) in [7, 11) is 1.51. The molecule has 3 fully saturated rings. The number of carbonyl (C=O) groups excluding carboxylic acids is 4. The SMILES string of the molecule is C=CCCC(=O)N[C@@H](COC)[C@@H](OC(=O)[C@H]1[C@@H]2O[C@@]3(CC2Br)[C@@H]1C(=O)N(CCCCO)[C@@H]3C(=O)N(CC=C)C(C)CCC)c1ccccc1. The first-order valence-corrected chi connectivity index (χ1v) is 18.3. The average Bonchev–Trinajstić information content (AvgIpc) is 3.68. The number of likely N-dealkylation sites (tertiary alicyclic amines) is 1. The maximum Gasteiger partial charge on any atom is 0.313 e. The normalized spacial score (nSPS) is 27.2. The van der Waals surface area contributed by atoms with Gasteiger partial charge in [-0.1, -0.05) is 71.8 Å². The first-order chi connectivity index (χ1) is 23.6. The number of rotatable bonds is 20. The zero-order valence-corrected chi connectivity index (χ0v) is 30.5. The summed E-state index contributed by atoms with van der Waals surface area (Å²) in [6.07, 6.45) is 5.34. The molecule has 3 aliphatic heterocycles. The Labute approximate surface area is 298 Å². The smallest absolute Gasteiger partial charge is 0.313 e. The summed E-state index contributed by atoms with van der Waals surface area (Å²) in [4.78, 5) is 59.5. The van der Waals surface area contributed by atoms with Gasteiger partial charge >= 0.3 is 5.97 Å². The van der Waals surface area contributed by atoms with Crippen molar-refractivity contribution in [2.75, 3.05) is 33.4 Å². The van der Waals surface area contributed by atoms with Crippen LogP contribution in [-0.2, 0) is 33.4 Å². The van der Waals surface area contributed by atoms with Crippen LogP contribution < -0.4 is 5.32 Å². The Bertz CT molecular complexity index is 1330. The number of benzene rings is 1. The van der Waals surface area contributed by atoms with Crippen molar-refractivity contribution in [3.63, 3.8) is 0 Å². The molecule has 1 spiro atoms. The molecule has 49 heavy (non-hydrogen) atoms. The Kier molecular flexibility index (Phi) is 14.0. The molecule has 2 bridgehead atoms. The van der Waals surface area contributed by atoms with Gasteiger partial charge in [-0.25, -0.2) is 0 Å². The molecule has 3 amide bonds. The molecule has 1 aromatic rings. The molecular formula is C37H52BrN3O8. The highest BCUT2D eigenvalue weighted by atomic mass is 79.9. The van der Waals surface area contributed by atoms with Crippen molar-refractivity contribution in [2.24, 2.45) is 11.8 Å². The van der Waals surface area contributed by atoms with E-state index in [1.54, 1.807) is 22.0 Å². The van der Waals surface area contributed by atoms with Gasteiger partial charge in [0, 0.05) is 44.1 Å². The van der Waals surface area contributed by atoms with E-state index >= 15 is 0 Å². The van der Waals surface area contributed by atoms with E-state index in [0.717, 1.165) is 12.8 Å². The Hall–Kier alpha value is -3.06. The van der Waals surface area contributed by atoms with Crippen LogP contribution in [0, 0.1) is 11.8 Å². The maximum atomic E-state index is 14.6. The number of hydrogen-bond acceptors (Lipinski definition) is 8. The van der Waals surface area contributed by atoms with Crippen molar-refractivity contribution in [1.82, 2.24) is 15.1 Å². The third kappa shape index (κ3) is 8.13. The van der Waals surface area contributed by atoms with Gasteiger partial charge in [-0.3, -0.25) is 19.2 Å². The molecule has 12 heteroatoms. The summed E-state index contributed by atoms with van der Waals surface area (Å²) in [6, 6.07) is 7.32. The highest BCUT2D eigenvalue weighted by Crippen LogP contribution is 2.60. The number of aliphatic hydroxyl groups excluding tert-OH is 1. The van der Waals surface area contributed by atoms with E-state index in [1.165, 1.54) is 7.11 Å². The van der Waals surface area contributed by atoms with Crippen molar-refractivity contribution in [1.29, 1.82) is 0 Å². The summed E-state index contributed by atoms with van der Waals surface area (Å²) < 4.78 is 18.5. The number of hydrogen-bond donors (Lipinski definition) is 2. The fourth-order valence-corrected chi connectivity index (χ4v) is 8.74. The molecule has 0 aliphatic carbocycles. The number of esters is 1. The van der Waals surface area contributed by atoms with Crippen LogP contribution in [0.1, 0.15) is 70.5 Å². The molecule has 1 aromatic carbocycles. The molecule has 2 N–H and O–H groups in total. The number of allylic oxidation sites excluding steroid dienone is 1. The quantitative estimate of drug-likeness (QED) is 0.0883. The molecule has 0 radical (unpaired) electrons. The van der Waals surface area contributed by atoms with Crippen LogP contribution in [-0.4, -0.2) is 107 Å². The number of halogens is 1. The van der Waals surface area contributed by atoms with E-state index in [4.69, 9.17) is 14.2 Å². The lowest BCUT2D eigenvalue weighted by Crippen LogP contribution is -2.58. The van der Waals surface area contributed by atoms with E-state index in [0.29, 0.717) is 37.8 Å². The van der Waals surface area contributed by atoms with E-state index in [2.05, 4.69) is 41.3 Å². The number of aliphatic hydroxyl groups is 1. The number of methoxy groups -OCH3 is 1. The van der Waals surface area contributed by atoms with Crippen LogP contribution >= 0.6 is 15.9 Å². The standard InChI is InChI=1S/C37H52BrN3O8/c1-6-9-18-28(43)39-27(23-47-5)31(25-16-11-10-12-17-25)48-36(46)29-30-34(44)41(20-13-14-21-42)33(37(30)22-26(38)32(29)49-37)35(45)40(19-8-3)24(4)15-7-2/h6,8,10-12,16-17,24,26-27,29-33,42H,1,3,7,9,13-15,18-23H2,2,4-5H3,(H,39,43)/t24?,26?,27-,29+,30-,31-,32+,33+,37-/m0/s1. The van der Waals surface area contributed by atoms with Crippen molar-refractivity contribution in [3.8, 4) is 0 Å². The van der Waals surface area contributed by atoms with Crippen molar-refractivity contribution in [3.05, 3.63) is 61.2 Å². The summed E-state index contributed by atoms with van der Waals surface area (Å²) in [5.41, 5.74) is -0.605. The topological polar surface area (TPSA) is 135 Å². The van der Waals surface area contributed by atoms with E-state index in [-0.39, 0.29) is 54.8 Å². The van der Waals surface area contributed by atoms with E-state index in [9.17, 15) is 24.3 Å². The molecular weight excluding hydrogens is 694 g/mol. The van der Waals surface area contributed by atoms with E-state index < -0.39 is 47.7 Å². The van der Waals surface area contributed by atoms with Gasteiger partial charge in [0.05, 0.1) is 30.6 Å². The van der Waals surface area contributed by atoms with Gasteiger partial charge in [-0.15, -0.1) is 13.2 Å². The van der Waals surface area contributed by atoms with Crippen LogP contribution in [0.15, 0.2) is 55.6 Å². The molecule has 0 saturated carbocycles. The van der Waals surface area contributed by atoms with Gasteiger partial charge in [0.2, 0.25) is 17.7 Å². The van der Waals surface area contributed by atoms with Crippen molar-refractivity contribution in [2.45, 2.75) is 99.6 Å². The second-order valence-electron chi connectivity index (χ2n) is 13.3. The van der Waals surface area contributed by atoms with Gasteiger partial charge in [0.25, 0.3) is 0 Å². The van der Waals surface area contributed by atoms with Gasteiger partial charge in [0.15, 0.2) is 0 Å². The van der Waals surface area contributed by atoms with Gasteiger partial charge in [0.1, 0.15) is 17.7 Å². The Morgan fingerprint density at radius 1 is 1.22 bits per heavy atom. The zero-order valence-electron chi connectivity index (χ0n) is 28.9. The second-order valence-corrected chi connectivity index (χ2v) is 14.4. The summed E-state index contributed by atoms with van der Waals surface area (Å²) in [5.74, 6) is -3.41. The molecule has 270 valence electrons. The third-order valence-corrected chi connectivity index (χ3v) is 10.8. The van der Waals surface area contributed by atoms with Gasteiger partial charge < -0.3 is 34.4 Å². The summed E-state index contributed by atoms with van der Waals surface area (Å²) in [5, 5.41) is 12.5. The lowest BCUT2D eigenvalue weighted by molar-refractivity contribution is -0.163. The predicted molar refractivity (Wildman–Crippen MR) is 189 cm³/mol. The van der Waals surface area contributed by atoms with Crippen LogP contribution in [0.4, 0.5) is 0 Å². The number of carbonyl (C=O) groups is 4. The second kappa shape index (κ2) is 17.7. The molecule has 2 unspecified atom stereocenters. The highest BCUT2D eigenvalue weighted by Gasteiger charge is 2.77. The number of nitrogens with one attached hydrogen (secondary N) is 1. The summed E-state index contributed by atoms with van der Waals surface area (Å²) in [6.45, 7) is 12.2. The molecule has 3 heterocycles. The van der Waals surface area contributed by atoms with Gasteiger partial charge in [-0.05, 0) is 44.6 Å². The van der Waals surface area contributed by atoms with Gasteiger partial charge in [-0.2, -0.15) is 0 Å². The zero-order chi connectivity index (χ0) is 35.7. The minimum absolute atomic E-state index is 0.0457. The Balaban J connectivity index is 1.72. The van der Waals surface area contributed by atoms with Crippen LogP contribution in [0.3, 0.4) is 0 Å². The molecule has 0 aromatic heterocycles. The minimum Gasteiger partial charge on any atom is -0.455 e. The van der Waals surface area contributed by atoms with Crippen molar-refractivity contribution < 1.29 is 38.5 Å². The molecule has 3 saturated heterocycles. The number of nitrogens with zero attached hydrogens (tertiary/aromatic N) is 2. The fraction of sp³-hybridized carbons (Fsp3) is 0.622.